The molecule has 0 amide bonds. The van der Waals surface area contributed by atoms with Crippen molar-refractivity contribution in [2.75, 3.05) is 6.54 Å². The Morgan fingerprint density at radius 2 is 2.29 bits per heavy atom. The Hall–Kier alpha value is -0.870. The van der Waals surface area contributed by atoms with Gasteiger partial charge in [-0.3, -0.25) is 4.68 Å². The summed E-state index contributed by atoms with van der Waals surface area (Å²) in [4.78, 5) is 0. The van der Waals surface area contributed by atoms with E-state index in [-0.39, 0.29) is 6.54 Å². The van der Waals surface area contributed by atoms with Crippen LogP contribution in [0.2, 0.25) is 0 Å². The summed E-state index contributed by atoms with van der Waals surface area (Å²) in [6.07, 6.45) is 8.08. The molecule has 4 heteroatoms. The number of hydrogen-bond donors (Lipinski definition) is 2. The van der Waals surface area contributed by atoms with Crippen molar-refractivity contribution in [2.45, 2.75) is 37.8 Å². The summed E-state index contributed by atoms with van der Waals surface area (Å²) in [6.45, 7) is 0.260. The van der Waals surface area contributed by atoms with Gasteiger partial charge in [-0.2, -0.15) is 5.10 Å². The van der Waals surface area contributed by atoms with Crippen LogP contribution in [-0.4, -0.2) is 21.4 Å². The third-order valence-electron chi connectivity index (χ3n) is 2.93. The zero-order chi connectivity index (χ0) is 9.97. The van der Waals surface area contributed by atoms with E-state index in [1.54, 1.807) is 6.20 Å². The average molecular weight is 195 g/mol. The Morgan fingerprint density at radius 1 is 1.57 bits per heavy atom. The summed E-state index contributed by atoms with van der Waals surface area (Å²) in [5.74, 6) is 0. The van der Waals surface area contributed by atoms with Crippen molar-refractivity contribution in [3.63, 3.8) is 0 Å². The lowest BCUT2D eigenvalue weighted by atomic mass is 10.2. The van der Waals surface area contributed by atoms with Gasteiger partial charge in [0.25, 0.3) is 0 Å². The number of nitrogens with zero attached hydrogens (tertiary/aromatic N) is 2. The van der Waals surface area contributed by atoms with Crippen LogP contribution in [0, 0.1) is 0 Å². The average Bonchev–Trinajstić information content (AvgIpc) is 2.86. The molecule has 14 heavy (non-hydrogen) atoms. The minimum Gasteiger partial charge on any atom is -0.387 e. The topological polar surface area (TPSA) is 64.1 Å². The second-order valence-electron chi connectivity index (χ2n) is 3.94. The first-order valence-electron chi connectivity index (χ1n) is 5.23. The van der Waals surface area contributed by atoms with Gasteiger partial charge in [-0.05, 0) is 12.8 Å². The third-order valence-corrected chi connectivity index (χ3v) is 2.93. The lowest BCUT2D eigenvalue weighted by Crippen LogP contribution is -2.11. The molecule has 1 fully saturated rings. The molecule has 1 saturated carbocycles. The molecule has 1 aromatic rings. The lowest BCUT2D eigenvalue weighted by Gasteiger charge is -2.09. The van der Waals surface area contributed by atoms with Gasteiger partial charge in [0.15, 0.2) is 0 Å². The molecule has 0 aliphatic heterocycles. The van der Waals surface area contributed by atoms with Gasteiger partial charge in [0.05, 0.1) is 18.3 Å². The van der Waals surface area contributed by atoms with Gasteiger partial charge in [0.1, 0.15) is 0 Å². The van der Waals surface area contributed by atoms with E-state index in [4.69, 9.17) is 5.73 Å². The smallest absolute Gasteiger partial charge is 0.0942 e. The Morgan fingerprint density at radius 3 is 2.93 bits per heavy atom. The Balaban J connectivity index is 2.08. The van der Waals surface area contributed by atoms with Crippen LogP contribution in [0.4, 0.5) is 0 Å². The van der Waals surface area contributed by atoms with E-state index in [1.165, 1.54) is 25.7 Å². The molecule has 1 aliphatic carbocycles. The second kappa shape index (κ2) is 4.11. The van der Waals surface area contributed by atoms with Gasteiger partial charge < -0.3 is 10.8 Å². The van der Waals surface area contributed by atoms with Gasteiger partial charge in [-0.15, -0.1) is 0 Å². The molecule has 0 spiro atoms. The summed E-state index contributed by atoms with van der Waals surface area (Å²) in [6, 6.07) is 0.536. The zero-order valence-corrected chi connectivity index (χ0v) is 8.26. The maximum Gasteiger partial charge on any atom is 0.0942 e. The number of rotatable bonds is 3. The molecule has 1 heterocycles. The molecule has 0 aromatic carbocycles. The molecule has 1 aromatic heterocycles. The fraction of sp³-hybridized carbons (Fsp3) is 0.700. The second-order valence-corrected chi connectivity index (χ2v) is 3.94. The number of aliphatic hydroxyl groups excluding tert-OH is 1. The van der Waals surface area contributed by atoms with Crippen molar-refractivity contribution in [1.29, 1.82) is 0 Å². The van der Waals surface area contributed by atoms with Crippen LogP contribution in [0.5, 0.6) is 0 Å². The van der Waals surface area contributed by atoms with E-state index >= 15 is 0 Å². The summed E-state index contributed by atoms with van der Waals surface area (Å²) >= 11 is 0. The quantitative estimate of drug-likeness (QED) is 0.756. The predicted octanol–water partition coefficient (Wildman–Crippen LogP) is 0.990. The van der Waals surface area contributed by atoms with Gasteiger partial charge >= 0.3 is 0 Å². The molecule has 1 atom stereocenters. The molecule has 0 radical (unpaired) electrons. The molecule has 4 nitrogen and oxygen atoms in total. The molecule has 1 unspecified atom stereocenters. The highest BCUT2D eigenvalue weighted by Crippen LogP contribution is 2.29. The van der Waals surface area contributed by atoms with Crippen molar-refractivity contribution in [3.8, 4) is 0 Å². The number of aliphatic hydroxyl groups is 1. The highest BCUT2D eigenvalue weighted by Gasteiger charge is 2.18. The summed E-state index contributed by atoms with van der Waals surface area (Å²) < 4.78 is 1.97. The molecule has 78 valence electrons. The first-order valence-corrected chi connectivity index (χ1v) is 5.23. The van der Waals surface area contributed by atoms with Crippen LogP contribution in [0.1, 0.15) is 43.4 Å². The van der Waals surface area contributed by atoms with Crippen LogP contribution in [-0.2, 0) is 0 Å². The van der Waals surface area contributed by atoms with E-state index in [9.17, 15) is 5.11 Å². The summed E-state index contributed by atoms with van der Waals surface area (Å²) in [5, 5.41) is 13.8. The molecule has 1 aliphatic rings. The Bertz CT molecular complexity index is 291. The fourth-order valence-corrected chi connectivity index (χ4v) is 2.03. The van der Waals surface area contributed by atoms with E-state index in [0.717, 1.165) is 5.56 Å². The third kappa shape index (κ3) is 1.81. The number of aromatic nitrogens is 2. The van der Waals surface area contributed by atoms with E-state index in [0.29, 0.717) is 6.04 Å². The molecule has 2 rings (SSSR count). The van der Waals surface area contributed by atoms with Gasteiger partial charge in [0.2, 0.25) is 0 Å². The van der Waals surface area contributed by atoms with E-state index in [2.05, 4.69) is 5.10 Å². The van der Waals surface area contributed by atoms with Gasteiger partial charge in [-0.25, -0.2) is 0 Å². The number of nitrogens with two attached hydrogens (primary N) is 1. The minimum absolute atomic E-state index is 0.260. The predicted molar refractivity (Wildman–Crippen MR) is 53.7 cm³/mol. The van der Waals surface area contributed by atoms with Crippen LogP contribution in [0.25, 0.3) is 0 Å². The Kier molecular flexibility index (Phi) is 2.84. The SMILES string of the molecule is NCC(O)c1cnn(C2CCCC2)c1. The van der Waals surface area contributed by atoms with Crippen LogP contribution in [0.15, 0.2) is 12.4 Å². The maximum absolute atomic E-state index is 9.51. The zero-order valence-electron chi connectivity index (χ0n) is 8.26. The normalized spacial score (nSPS) is 20.1. The van der Waals surface area contributed by atoms with E-state index < -0.39 is 6.10 Å². The maximum atomic E-state index is 9.51. The molecule has 0 saturated heterocycles. The van der Waals surface area contributed by atoms with E-state index in [1.807, 2.05) is 10.9 Å². The van der Waals surface area contributed by atoms with Gasteiger partial charge in [0, 0.05) is 18.3 Å². The largest absolute Gasteiger partial charge is 0.387 e. The van der Waals surface area contributed by atoms with Gasteiger partial charge in [-0.1, -0.05) is 12.8 Å². The minimum atomic E-state index is -0.565. The molecular formula is C10H17N3O. The lowest BCUT2D eigenvalue weighted by molar-refractivity contribution is 0.186. The summed E-state index contributed by atoms with van der Waals surface area (Å²) in [7, 11) is 0. The van der Waals surface area contributed by atoms with Crippen molar-refractivity contribution >= 4 is 0 Å². The van der Waals surface area contributed by atoms with Crippen molar-refractivity contribution in [2.24, 2.45) is 5.73 Å². The molecule has 0 bridgehead atoms. The highest BCUT2D eigenvalue weighted by molar-refractivity contribution is 5.08. The van der Waals surface area contributed by atoms with Crippen LogP contribution < -0.4 is 5.73 Å². The standard InChI is InChI=1S/C10H17N3O/c11-5-10(14)8-6-12-13(7-8)9-3-1-2-4-9/h6-7,9-10,14H,1-5,11H2. The number of hydrogen-bond acceptors (Lipinski definition) is 3. The monoisotopic (exact) mass is 195 g/mol. The van der Waals surface area contributed by atoms with Crippen LogP contribution >= 0.6 is 0 Å². The molecule has 3 N–H and O–H groups in total. The van der Waals surface area contributed by atoms with Crippen molar-refractivity contribution in [1.82, 2.24) is 9.78 Å². The fourth-order valence-electron chi connectivity index (χ4n) is 2.03. The first-order chi connectivity index (χ1) is 6.81. The summed E-state index contributed by atoms with van der Waals surface area (Å²) in [5.41, 5.74) is 6.21. The van der Waals surface area contributed by atoms with Crippen LogP contribution in [0.3, 0.4) is 0 Å². The van der Waals surface area contributed by atoms with Crippen molar-refractivity contribution in [3.05, 3.63) is 18.0 Å². The highest BCUT2D eigenvalue weighted by atomic mass is 16.3. The molecular weight excluding hydrogens is 178 g/mol. The van der Waals surface area contributed by atoms with Crippen molar-refractivity contribution < 1.29 is 5.11 Å². The Labute approximate surface area is 83.7 Å². The first kappa shape index (κ1) is 9.68.